The first kappa shape index (κ1) is 17.8. The molecule has 1 saturated heterocycles. The van der Waals surface area contributed by atoms with Gasteiger partial charge in [0.2, 0.25) is 5.91 Å². The number of carbonyl (C=O) groups excluding carboxylic acids is 1. The molecule has 2 aliphatic rings. The quantitative estimate of drug-likeness (QED) is 0.710. The predicted molar refractivity (Wildman–Crippen MR) is 112 cm³/mol. The van der Waals surface area contributed by atoms with Crippen LogP contribution in [0, 0.1) is 0 Å². The topological polar surface area (TPSA) is 79.5 Å². The molecule has 1 fully saturated rings. The molecule has 0 bridgehead atoms. The number of benzene rings is 2. The Morgan fingerprint density at radius 3 is 2.72 bits per heavy atom. The van der Waals surface area contributed by atoms with Gasteiger partial charge < -0.3 is 19.7 Å². The molecule has 1 amide bonds. The molecule has 2 aromatic carbocycles. The molecule has 1 aromatic heterocycles. The molecule has 3 heterocycles. The highest BCUT2D eigenvalue weighted by molar-refractivity contribution is 6.01. The standard InChI is InChI=1S/C22H24N4O3/c27-21(13-15-4-7-19-20(12-15)29-11-3-10-28-19)23-22-17-14-16(26-8-1-2-9-26)5-6-18(17)24-25-22/h4-7,12,14H,1-3,8-11,13H2,(H2,23,24,25,27). The normalized spacial score (nSPS) is 16.1. The van der Waals surface area contributed by atoms with Gasteiger partial charge in [-0.05, 0) is 48.7 Å². The van der Waals surface area contributed by atoms with Crippen molar-refractivity contribution in [1.82, 2.24) is 10.2 Å². The summed E-state index contributed by atoms with van der Waals surface area (Å²) in [6.45, 7) is 3.43. The number of nitrogens with zero attached hydrogens (tertiary/aromatic N) is 2. The van der Waals surface area contributed by atoms with E-state index >= 15 is 0 Å². The maximum atomic E-state index is 12.7. The highest BCUT2D eigenvalue weighted by Gasteiger charge is 2.16. The van der Waals surface area contributed by atoms with Crippen molar-refractivity contribution in [3.05, 3.63) is 42.0 Å². The van der Waals surface area contributed by atoms with Crippen LogP contribution in [0.3, 0.4) is 0 Å². The molecule has 29 heavy (non-hydrogen) atoms. The summed E-state index contributed by atoms with van der Waals surface area (Å²) >= 11 is 0. The summed E-state index contributed by atoms with van der Waals surface area (Å²) < 4.78 is 11.4. The molecule has 0 saturated carbocycles. The van der Waals surface area contributed by atoms with Crippen molar-refractivity contribution in [1.29, 1.82) is 0 Å². The van der Waals surface area contributed by atoms with E-state index in [4.69, 9.17) is 9.47 Å². The molecule has 3 aromatic rings. The first-order chi connectivity index (χ1) is 14.3. The second kappa shape index (κ2) is 7.66. The maximum absolute atomic E-state index is 12.7. The number of carbonyl (C=O) groups is 1. The molecular weight excluding hydrogens is 368 g/mol. The zero-order valence-corrected chi connectivity index (χ0v) is 16.2. The fourth-order valence-corrected chi connectivity index (χ4v) is 3.95. The van der Waals surface area contributed by atoms with Crippen LogP contribution in [-0.4, -0.2) is 42.4 Å². The Hall–Kier alpha value is -3.22. The summed E-state index contributed by atoms with van der Waals surface area (Å²) in [5, 5.41) is 11.2. The smallest absolute Gasteiger partial charge is 0.230 e. The van der Waals surface area contributed by atoms with E-state index in [2.05, 4.69) is 32.5 Å². The van der Waals surface area contributed by atoms with E-state index in [0.29, 0.717) is 24.8 Å². The molecule has 2 aliphatic heterocycles. The second-order valence-electron chi connectivity index (χ2n) is 7.55. The monoisotopic (exact) mass is 392 g/mol. The summed E-state index contributed by atoms with van der Waals surface area (Å²) in [5.74, 6) is 1.90. The second-order valence-corrected chi connectivity index (χ2v) is 7.55. The van der Waals surface area contributed by atoms with Crippen molar-refractivity contribution >= 4 is 28.3 Å². The molecule has 150 valence electrons. The average Bonchev–Trinajstić information content (AvgIpc) is 3.33. The van der Waals surface area contributed by atoms with Crippen molar-refractivity contribution in [2.24, 2.45) is 0 Å². The lowest BCUT2D eigenvalue weighted by Gasteiger charge is -2.17. The lowest BCUT2D eigenvalue weighted by atomic mass is 10.1. The number of rotatable bonds is 4. The van der Waals surface area contributed by atoms with E-state index in [9.17, 15) is 4.79 Å². The minimum absolute atomic E-state index is 0.112. The third-order valence-corrected chi connectivity index (χ3v) is 5.45. The van der Waals surface area contributed by atoms with Crippen LogP contribution in [0.25, 0.3) is 10.9 Å². The van der Waals surface area contributed by atoms with Gasteiger partial charge in [-0.3, -0.25) is 9.89 Å². The summed E-state index contributed by atoms with van der Waals surface area (Å²) in [4.78, 5) is 15.0. The number of fused-ring (bicyclic) bond motifs is 2. The Labute approximate surface area is 169 Å². The third kappa shape index (κ3) is 3.72. The SMILES string of the molecule is O=C(Cc1ccc2c(c1)OCCCO2)Nc1n[nH]c2ccc(N3CCCC3)cc12. The number of aromatic amines is 1. The van der Waals surface area contributed by atoms with Gasteiger partial charge in [-0.25, -0.2) is 0 Å². The lowest BCUT2D eigenvalue weighted by molar-refractivity contribution is -0.115. The lowest BCUT2D eigenvalue weighted by Crippen LogP contribution is -2.17. The summed E-state index contributed by atoms with van der Waals surface area (Å²) in [7, 11) is 0. The van der Waals surface area contributed by atoms with Crippen LogP contribution in [0.15, 0.2) is 36.4 Å². The van der Waals surface area contributed by atoms with Crippen molar-refractivity contribution in [3.63, 3.8) is 0 Å². The number of nitrogens with one attached hydrogen (secondary N) is 2. The number of amides is 1. The first-order valence-electron chi connectivity index (χ1n) is 10.2. The van der Waals surface area contributed by atoms with Crippen LogP contribution in [-0.2, 0) is 11.2 Å². The van der Waals surface area contributed by atoms with E-state index in [1.54, 1.807) is 0 Å². The minimum atomic E-state index is -0.112. The first-order valence-corrected chi connectivity index (χ1v) is 10.2. The van der Waals surface area contributed by atoms with Crippen LogP contribution in [0.1, 0.15) is 24.8 Å². The van der Waals surface area contributed by atoms with Gasteiger partial charge in [0.05, 0.1) is 25.2 Å². The van der Waals surface area contributed by atoms with Crippen LogP contribution in [0.5, 0.6) is 11.5 Å². The Balaban J connectivity index is 1.32. The van der Waals surface area contributed by atoms with Crippen LogP contribution < -0.4 is 19.7 Å². The van der Waals surface area contributed by atoms with E-state index in [1.165, 1.54) is 18.5 Å². The predicted octanol–water partition coefficient (Wildman–Crippen LogP) is 3.51. The largest absolute Gasteiger partial charge is 0.490 e. The van der Waals surface area contributed by atoms with Gasteiger partial charge in [-0.1, -0.05) is 6.07 Å². The van der Waals surface area contributed by atoms with Gasteiger partial charge in [0.15, 0.2) is 17.3 Å². The molecule has 0 radical (unpaired) electrons. The maximum Gasteiger partial charge on any atom is 0.230 e. The summed E-state index contributed by atoms with van der Waals surface area (Å²) in [6, 6.07) is 11.9. The van der Waals surface area contributed by atoms with Crippen molar-refractivity contribution in [2.45, 2.75) is 25.7 Å². The molecule has 0 unspecified atom stereocenters. The highest BCUT2D eigenvalue weighted by Crippen LogP contribution is 2.31. The molecule has 0 aliphatic carbocycles. The fraction of sp³-hybridized carbons (Fsp3) is 0.364. The Bertz CT molecular complexity index is 1040. The highest BCUT2D eigenvalue weighted by atomic mass is 16.5. The Kier molecular flexibility index (Phi) is 4.71. The number of aromatic nitrogens is 2. The number of hydrogen-bond acceptors (Lipinski definition) is 5. The van der Waals surface area contributed by atoms with Crippen LogP contribution in [0.4, 0.5) is 11.5 Å². The minimum Gasteiger partial charge on any atom is -0.490 e. The number of H-pyrrole nitrogens is 1. The van der Waals surface area contributed by atoms with Gasteiger partial charge in [0.25, 0.3) is 0 Å². The zero-order valence-electron chi connectivity index (χ0n) is 16.2. The van der Waals surface area contributed by atoms with Crippen molar-refractivity contribution in [3.8, 4) is 11.5 Å². The number of ether oxygens (including phenoxy) is 2. The summed E-state index contributed by atoms with van der Waals surface area (Å²) in [6.07, 6.45) is 3.55. The van der Waals surface area contributed by atoms with E-state index < -0.39 is 0 Å². The molecule has 0 atom stereocenters. The average molecular weight is 392 g/mol. The van der Waals surface area contributed by atoms with Gasteiger partial charge in [-0.2, -0.15) is 5.10 Å². The van der Waals surface area contributed by atoms with Crippen LogP contribution in [0.2, 0.25) is 0 Å². The van der Waals surface area contributed by atoms with Crippen molar-refractivity contribution in [2.75, 3.05) is 36.5 Å². The number of hydrogen-bond donors (Lipinski definition) is 2. The number of anilines is 2. The van der Waals surface area contributed by atoms with Gasteiger partial charge >= 0.3 is 0 Å². The van der Waals surface area contributed by atoms with Crippen LogP contribution >= 0.6 is 0 Å². The third-order valence-electron chi connectivity index (χ3n) is 5.45. The fourth-order valence-electron chi connectivity index (χ4n) is 3.95. The van der Waals surface area contributed by atoms with E-state index in [0.717, 1.165) is 41.7 Å². The molecule has 7 heteroatoms. The molecule has 0 spiro atoms. The van der Waals surface area contributed by atoms with E-state index in [-0.39, 0.29) is 12.3 Å². The molecule has 5 rings (SSSR count). The Morgan fingerprint density at radius 2 is 1.86 bits per heavy atom. The molecule has 2 N–H and O–H groups in total. The van der Waals surface area contributed by atoms with Gasteiger partial charge in [-0.15, -0.1) is 0 Å². The van der Waals surface area contributed by atoms with Gasteiger partial charge in [0.1, 0.15) is 0 Å². The van der Waals surface area contributed by atoms with E-state index in [1.807, 2.05) is 24.3 Å². The van der Waals surface area contributed by atoms with Gasteiger partial charge in [0, 0.05) is 30.6 Å². The zero-order chi connectivity index (χ0) is 19.6. The molecular formula is C22H24N4O3. The summed E-state index contributed by atoms with van der Waals surface area (Å²) in [5.41, 5.74) is 2.97. The Morgan fingerprint density at radius 1 is 1.03 bits per heavy atom. The molecule has 7 nitrogen and oxygen atoms in total. The van der Waals surface area contributed by atoms with Crippen molar-refractivity contribution < 1.29 is 14.3 Å².